The molecule has 1 aliphatic heterocycles. The molecule has 1 N–H and O–H groups in total. The van der Waals surface area contributed by atoms with Gasteiger partial charge >= 0.3 is 17.9 Å². The van der Waals surface area contributed by atoms with E-state index in [1.807, 2.05) is 37.3 Å². The zero-order valence-corrected chi connectivity index (χ0v) is 21.9. The van der Waals surface area contributed by atoms with Crippen molar-refractivity contribution in [3.05, 3.63) is 64.2 Å². The van der Waals surface area contributed by atoms with Crippen LogP contribution in [0.15, 0.2) is 42.5 Å². The Morgan fingerprint density at radius 2 is 1.49 bits per heavy atom. The number of carbonyl (C=O) groups is 3. The summed E-state index contributed by atoms with van der Waals surface area (Å²) in [5.74, 6) is -1.24. The molecule has 37 heavy (non-hydrogen) atoms. The van der Waals surface area contributed by atoms with E-state index in [0.29, 0.717) is 23.6 Å². The summed E-state index contributed by atoms with van der Waals surface area (Å²) in [6.07, 6.45) is -5.07. The second kappa shape index (κ2) is 12.9. The Labute approximate surface area is 220 Å². The Hall–Kier alpha value is -3.14. The molecule has 1 aliphatic rings. The number of benzene rings is 2. The third-order valence-corrected chi connectivity index (χ3v) is 6.12. The summed E-state index contributed by atoms with van der Waals surface area (Å²) in [4.78, 5) is 35.7. The molecule has 0 aromatic heterocycles. The summed E-state index contributed by atoms with van der Waals surface area (Å²) in [6, 6.07) is 12.8. The van der Waals surface area contributed by atoms with E-state index in [1.165, 1.54) is 20.8 Å². The SMILES string of the molecule is CCOc1ccc(Cc2cc([C@@H]3O[C@H](CO)[C@@H](OC(C)=O)[C@H](OC(C)=O)[C@H]3OC(C)=O)ccc2Cl)cc1. The van der Waals surface area contributed by atoms with Gasteiger partial charge in [0.15, 0.2) is 18.3 Å². The minimum Gasteiger partial charge on any atom is -0.494 e. The fourth-order valence-electron chi connectivity index (χ4n) is 4.31. The fraction of sp³-hybridized carbons (Fsp3) is 0.444. The third kappa shape index (κ3) is 7.44. The van der Waals surface area contributed by atoms with Gasteiger partial charge in [-0.05, 0) is 48.2 Å². The van der Waals surface area contributed by atoms with Crippen molar-refractivity contribution in [1.82, 2.24) is 0 Å². The normalized spacial score (nSPS) is 23.1. The lowest BCUT2D eigenvalue weighted by molar-refractivity contribution is -0.253. The standard InChI is InChI=1S/C27H31ClO9/c1-5-33-21-9-6-18(7-10-21)12-20-13-19(8-11-22(20)28)24-26(35-16(3)31)27(36-17(4)32)25(34-15(2)30)23(14-29)37-24/h6-11,13,23-27,29H,5,12,14H2,1-4H3/t23-,24+,25-,26+,27+/m1/s1. The van der Waals surface area contributed by atoms with E-state index in [2.05, 4.69) is 0 Å². The highest BCUT2D eigenvalue weighted by Crippen LogP contribution is 2.38. The van der Waals surface area contributed by atoms with Crippen LogP contribution in [-0.4, -0.2) is 60.6 Å². The number of hydrogen-bond acceptors (Lipinski definition) is 9. The number of aliphatic hydroxyl groups is 1. The summed E-state index contributed by atoms with van der Waals surface area (Å²) in [6.45, 7) is 5.52. The molecule has 0 bridgehead atoms. The molecule has 0 saturated carbocycles. The average Bonchev–Trinajstić information content (AvgIpc) is 2.83. The molecule has 1 heterocycles. The number of carbonyl (C=O) groups excluding carboxylic acids is 3. The van der Waals surface area contributed by atoms with E-state index in [9.17, 15) is 19.5 Å². The molecular formula is C27H31ClO9. The summed E-state index contributed by atoms with van der Waals surface area (Å²) >= 11 is 6.50. The van der Waals surface area contributed by atoms with E-state index in [0.717, 1.165) is 16.9 Å². The van der Waals surface area contributed by atoms with E-state index in [-0.39, 0.29) is 0 Å². The van der Waals surface area contributed by atoms with Crippen molar-refractivity contribution in [2.75, 3.05) is 13.2 Å². The van der Waals surface area contributed by atoms with Crippen molar-refractivity contribution in [2.24, 2.45) is 0 Å². The highest BCUT2D eigenvalue weighted by atomic mass is 35.5. The van der Waals surface area contributed by atoms with Gasteiger partial charge in [-0.3, -0.25) is 14.4 Å². The van der Waals surface area contributed by atoms with Crippen LogP contribution in [0.2, 0.25) is 5.02 Å². The number of halogens is 1. The Morgan fingerprint density at radius 1 is 0.892 bits per heavy atom. The van der Waals surface area contributed by atoms with E-state index < -0.39 is 55.0 Å². The maximum Gasteiger partial charge on any atom is 0.303 e. The van der Waals surface area contributed by atoms with Gasteiger partial charge in [-0.1, -0.05) is 35.9 Å². The molecule has 2 aromatic rings. The quantitative estimate of drug-likeness (QED) is 0.380. The number of ether oxygens (including phenoxy) is 5. The molecule has 1 saturated heterocycles. The first-order valence-electron chi connectivity index (χ1n) is 11.9. The van der Waals surface area contributed by atoms with Crippen molar-refractivity contribution in [3.63, 3.8) is 0 Å². The van der Waals surface area contributed by atoms with Gasteiger partial charge in [-0.25, -0.2) is 0 Å². The highest BCUT2D eigenvalue weighted by Gasteiger charge is 2.52. The molecule has 5 atom stereocenters. The summed E-state index contributed by atoms with van der Waals surface area (Å²) < 4.78 is 27.9. The van der Waals surface area contributed by atoms with Crippen LogP contribution in [-0.2, 0) is 39.8 Å². The van der Waals surface area contributed by atoms with Crippen LogP contribution >= 0.6 is 11.6 Å². The highest BCUT2D eigenvalue weighted by molar-refractivity contribution is 6.31. The van der Waals surface area contributed by atoms with Crippen LogP contribution in [0.1, 0.15) is 50.5 Å². The average molecular weight is 535 g/mol. The number of esters is 3. The van der Waals surface area contributed by atoms with Crippen LogP contribution in [0.25, 0.3) is 0 Å². The van der Waals surface area contributed by atoms with Gasteiger partial charge in [-0.15, -0.1) is 0 Å². The maximum atomic E-state index is 12.0. The molecule has 200 valence electrons. The Kier molecular flexibility index (Phi) is 9.91. The van der Waals surface area contributed by atoms with Gasteiger partial charge in [-0.2, -0.15) is 0 Å². The molecule has 9 nitrogen and oxygen atoms in total. The second-order valence-corrected chi connectivity index (χ2v) is 9.01. The molecule has 2 aromatic carbocycles. The minimum atomic E-state index is -1.22. The molecule has 0 aliphatic carbocycles. The van der Waals surface area contributed by atoms with Gasteiger partial charge in [0.25, 0.3) is 0 Å². The van der Waals surface area contributed by atoms with E-state index in [1.54, 1.807) is 12.1 Å². The molecular weight excluding hydrogens is 504 g/mol. The second-order valence-electron chi connectivity index (χ2n) is 8.60. The fourth-order valence-corrected chi connectivity index (χ4v) is 4.49. The van der Waals surface area contributed by atoms with Crippen molar-refractivity contribution in [1.29, 1.82) is 0 Å². The van der Waals surface area contributed by atoms with Crippen LogP contribution in [0.4, 0.5) is 0 Å². The van der Waals surface area contributed by atoms with Crippen molar-refractivity contribution >= 4 is 29.5 Å². The Balaban J connectivity index is 1.99. The minimum absolute atomic E-state index is 0.497. The van der Waals surface area contributed by atoms with Crippen molar-refractivity contribution in [3.8, 4) is 5.75 Å². The molecule has 1 fully saturated rings. The number of aliphatic hydroxyl groups excluding tert-OH is 1. The Morgan fingerprint density at radius 3 is 2.05 bits per heavy atom. The van der Waals surface area contributed by atoms with Crippen molar-refractivity contribution < 1.29 is 43.2 Å². The number of hydrogen-bond donors (Lipinski definition) is 1. The van der Waals surface area contributed by atoms with E-state index >= 15 is 0 Å². The first-order chi connectivity index (χ1) is 17.6. The maximum absolute atomic E-state index is 12.0. The predicted octanol–water partition coefficient (Wildman–Crippen LogP) is 3.56. The lowest BCUT2D eigenvalue weighted by atomic mass is 9.89. The Bertz CT molecular complexity index is 1100. The molecule has 0 spiro atoms. The first kappa shape index (κ1) is 28.4. The topological polar surface area (TPSA) is 118 Å². The van der Waals surface area contributed by atoms with Gasteiger partial charge in [0.2, 0.25) is 0 Å². The van der Waals surface area contributed by atoms with Crippen LogP contribution in [0.5, 0.6) is 5.75 Å². The van der Waals surface area contributed by atoms with Gasteiger partial charge in [0.05, 0.1) is 13.2 Å². The van der Waals surface area contributed by atoms with Crippen LogP contribution < -0.4 is 4.74 Å². The van der Waals surface area contributed by atoms with Crippen LogP contribution in [0, 0.1) is 0 Å². The summed E-state index contributed by atoms with van der Waals surface area (Å²) in [7, 11) is 0. The zero-order valence-electron chi connectivity index (χ0n) is 21.1. The monoisotopic (exact) mass is 534 g/mol. The molecule has 0 unspecified atom stereocenters. The summed E-state index contributed by atoms with van der Waals surface area (Å²) in [5, 5.41) is 10.5. The lowest BCUT2D eigenvalue weighted by Crippen LogP contribution is -2.59. The van der Waals surface area contributed by atoms with Crippen molar-refractivity contribution in [2.45, 2.75) is 64.6 Å². The van der Waals surface area contributed by atoms with Gasteiger partial charge in [0, 0.05) is 25.8 Å². The number of rotatable bonds is 9. The lowest BCUT2D eigenvalue weighted by Gasteiger charge is -2.44. The third-order valence-electron chi connectivity index (χ3n) is 5.75. The molecule has 10 heteroatoms. The molecule has 0 radical (unpaired) electrons. The molecule has 0 amide bonds. The van der Waals surface area contributed by atoms with Gasteiger partial charge < -0.3 is 28.8 Å². The predicted molar refractivity (Wildman–Crippen MR) is 133 cm³/mol. The van der Waals surface area contributed by atoms with Gasteiger partial charge in [0.1, 0.15) is 18.0 Å². The smallest absolute Gasteiger partial charge is 0.303 e. The van der Waals surface area contributed by atoms with E-state index in [4.69, 9.17) is 35.3 Å². The first-order valence-corrected chi connectivity index (χ1v) is 12.3. The summed E-state index contributed by atoms with van der Waals surface area (Å²) in [5.41, 5.74) is 2.35. The molecule has 3 rings (SSSR count). The van der Waals surface area contributed by atoms with Crippen LogP contribution in [0.3, 0.4) is 0 Å². The largest absolute Gasteiger partial charge is 0.494 e. The zero-order chi connectivity index (χ0) is 27.1.